The molecule has 1 N–H and O–H groups in total. The largest absolute Gasteiger partial charge is 0.370 e. The molecule has 1 rings (SSSR count). The van der Waals surface area contributed by atoms with Gasteiger partial charge in [-0.1, -0.05) is 25.0 Å². The molecule has 0 heterocycles. The van der Waals surface area contributed by atoms with Gasteiger partial charge >= 0.3 is 0 Å². The molecule has 1 atom stereocenters. The Labute approximate surface area is 109 Å². The summed E-state index contributed by atoms with van der Waals surface area (Å²) in [7, 11) is -0.458. The SMILES string of the molecule is C#CC(CC)Nc1ccccc1S(=O)(=O)N(C)C. The van der Waals surface area contributed by atoms with Crippen LogP contribution in [0.2, 0.25) is 0 Å². The third-order valence-electron chi connectivity index (χ3n) is 2.58. The molecule has 0 aliphatic rings. The van der Waals surface area contributed by atoms with Crippen molar-refractivity contribution in [3.63, 3.8) is 0 Å². The van der Waals surface area contributed by atoms with Crippen LogP contribution in [0.4, 0.5) is 5.69 Å². The van der Waals surface area contributed by atoms with Crippen LogP contribution in [0.1, 0.15) is 13.3 Å². The quantitative estimate of drug-likeness (QED) is 0.826. The summed E-state index contributed by atoms with van der Waals surface area (Å²) in [4.78, 5) is 0.240. The second-order valence-corrected chi connectivity index (χ2v) is 6.18. The van der Waals surface area contributed by atoms with E-state index in [1.54, 1.807) is 24.3 Å². The van der Waals surface area contributed by atoms with E-state index in [0.717, 1.165) is 6.42 Å². The van der Waals surface area contributed by atoms with E-state index in [0.29, 0.717) is 5.69 Å². The van der Waals surface area contributed by atoms with Crippen molar-refractivity contribution in [2.24, 2.45) is 0 Å². The molecule has 0 spiro atoms. The van der Waals surface area contributed by atoms with E-state index < -0.39 is 10.0 Å². The van der Waals surface area contributed by atoms with Gasteiger partial charge in [-0.15, -0.1) is 6.42 Å². The summed E-state index contributed by atoms with van der Waals surface area (Å²) in [6, 6.07) is 6.58. The van der Waals surface area contributed by atoms with Gasteiger partial charge in [0, 0.05) is 14.1 Å². The Hall–Kier alpha value is -1.51. The molecule has 1 unspecified atom stereocenters. The number of anilines is 1. The number of terminal acetylenes is 1. The summed E-state index contributed by atoms with van der Waals surface area (Å²) in [5.41, 5.74) is 0.538. The summed E-state index contributed by atoms with van der Waals surface area (Å²) in [5, 5.41) is 3.07. The van der Waals surface area contributed by atoms with Crippen LogP contribution in [0, 0.1) is 12.3 Å². The minimum absolute atomic E-state index is 0.177. The summed E-state index contributed by atoms with van der Waals surface area (Å²) >= 11 is 0. The van der Waals surface area contributed by atoms with E-state index in [1.807, 2.05) is 6.92 Å². The van der Waals surface area contributed by atoms with Gasteiger partial charge in [-0.05, 0) is 18.6 Å². The highest BCUT2D eigenvalue weighted by Gasteiger charge is 2.21. The molecule has 0 saturated heterocycles. The van der Waals surface area contributed by atoms with Crippen LogP contribution >= 0.6 is 0 Å². The predicted octanol–water partition coefficient (Wildman–Crippen LogP) is 1.76. The molecule has 4 nitrogen and oxygen atoms in total. The fourth-order valence-electron chi connectivity index (χ4n) is 1.46. The maximum atomic E-state index is 12.1. The smallest absolute Gasteiger partial charge is 0.244 e. The van der Waals surface area contributed by atoms with Gasteiger partial charge in [-0.25, -0.2) is 12.7 Å². The minimum Gasteiger partial charge on any atom is -0.370 e. The number of benzene rings is 1. The predicted molar refractivity (Wildman–Crippen MR) is 73.8 cm³/mol. The molecule has 1 aromatic carbocycles. The highest BCUT2D eigenvalue weighted by Crippen LogP contribution is 2.23. The van der Waals surface area contributed by atoms with Gasteiger partial charge in [0.1, 0.15) is 4.90 Å². The maximum Gasteiger partial charge on any atom is 0.244 e. The molecule has 0 amide bonds. The van der Waals surface area contributed by atoms with E-state index in [9.17, 15) is 8.42 Å². The van der Waals surface area contributed by atoms with E-state index in [4.69, 9.17) is 6.42 Å². The average Bonchev–Trinajstić information content (AvgIpc) is 2.36. The number of para-hydroxylation sites is 1. The van der Waals surface area contributed by atoms with Crippen molar-refractivity contribution in [2.45, 2.75) is 24.3 Å². The van der Waals surface area contributed by atoms with Gasteiger partial charge in [0.2, 0.25) is 10.0 Å². The lowest BCUT2D eigenvalue weighted by Gasteiger charge is -2.18. The lowest BCUT2D eigenvalue weighted by molar-refractivity contribution is 0.521. The summed E-state index contributed by atoms with van der Waals surface area (Å²) in [6.07, 6.45) is 6.11. The van der Waals surface area contributed by atoms with Crippen molar-refractivity contribution in [1.82, 2.24) is 4.31 Å². The third-order valence-corrected chi connectivity index (χ3v) is 4.46. The van der Waals surface area contributed by atoms with Crippen molar-refractivity contribution in [3.8, 4) is 12.3 Å². The number of hydrogen-bond donors (Lipinski definition) is 1. The van der Waals surface area contributed by atoms with Gasteiger partial charge in [0.25, 0.3) is 0 Å². The molecule has 0 aliphatic carbocycles. The van der Waals surface area contributed by atoms with Gasteiger partial charge in [0.05, 0.1) is 11.7 Å². The lowest BCUT2D eigenvalue weighted by Crippen LogP contribution is -2.25. The van der Waals surface area contributed by atoms with Gasteiger partial charge < -0.3 is 5.32 Å². The van der Waals surface area contributed by atoms with Crippen LogP contribution in [0.3, 0.4) is 0 Å². The zero-order valence-electron chi connectivity index (χ0n) is 10.8. The first-order valence-corrected chi connectivity index (χ1v) is 7.11. The van der Waals surface area contributed by atoms with Gasteiger partial charge in [-0.2, -0.15) is 0 Å². The first-order chi connectivity index (χ1) is 8.43. The highest BCUT2D eigenvalue weighted by atomic mass is 32.2. The van der Waals surface area contributed by atoms with Crippen molar-refractivity contribution < 1.29 is 8.42 Å². The van der Waals surface area contributed by atoms with Crippen LogP contribution in [0.25, 0.3) is 0 Å². The fraction of sp³-hybridized carbons (Fsp3) is 0.385. The zero-order chi connectivity index (χ0) is 13.8. The Bertz CT molecular complexity index is 544. The zero-order valence-corrected chi connectivity index (χ0v) is 11.7. The third kappa shape index (κ3) is 3.03. The van der Waals surface area contributed by atoms with E-state index in [-0.39, 0.29) is 10.9 Å². The molecule has 18 heavy (non-hydrogen) atoms. The Morgan fingerprint density at radius 1 is 1.39 bits per heavy atom. The minimum atomic E-state index is -3.47. The summed E-state index contributed by atoms with van der Waals surface area (Å²) < 4.78 is 25.5. The van der Waals surface area contributed by atoms with Crippen LogP contribution in [0.5, 0.6) is 0 Å². The molecule has 1 aromatic rings. The van der Waals surface area contributed by atoms with Crippen LogP contribution in [-0.2, 0) is 10.0 Å². The fourth-order valence-corrected chi connectivity index (χ4v) is 2.51. The molecule has 0 aromatic heterocycles. The average molecular weight is 266 g/mol. The van der Waals surface area contributed by atoms with Crippen molar-refractivity contribution in [1.29, 1.82) is 0 Å². The normalized spacial score (nSPS) is 13.1. The monoisotopic (exact) mass is 266 g/mol. The molecule has 0 radical (unpaired) electrons. The summed E-state index contributed by atoms with van der Waals surface area (Å²) in [5.74, 6) is 2.59. The number of nitrogens with zero attached hydrogens (tertiary/aromatic N) is 1. The Balaban J connectivity index is 3.20. The Morgan fingerprint density at radius 3 is 2.50 bits per heavy atom. The standard InChI is InChI=1S/C13H18N2O2S/c1-5-11(6-2)14-12-9-7-8-10-13(12)18(16,17)15(3)4/h1,7-11,14H,6H2,2-4H3. The van der Waals surface area contributed by atoms with E-state index in [2.05, 4.69) is 11.2 Å². The molecular formula is C13H18N2O2S. The Kier molecular flexibility index (Phi) is 4.76. The molecular weight excluding hydrogens is 248 g/mol. The highest BCUT2D eigenvalue weighted by molar-refractivity contribution is 7.89. The second kappa shape index (κ2) is 5.89. The van der Waals surface area contributed by atoms with Crippen LogP contribution < -0.4 is 5.32 Å². The van der Waals surface area contributed by atoms with Crippen molar-refractivity contribution in [2.75, 3.05) is 19.4 Å². The van der Waals surface area contributed by atoms with Crippen molar-refractivity contribution in [3.05, 3.63) is 24.3 Å². The number of nitrogens with one attached hydrogen (secondary N) is 1. The molecule has 5 heteroatoms. The number of rotatable bonds is 5. The molecule has 0 aliphatic heterocycles. The number of hydrogen-bond acceptors (Lipinski definition) is 3. The van der Waals surface area contributed by atoms with Gasteiger partial charge in [0.15, 0.2) is 0 Å². The van der Waals surface area contributed by atoms with Crippen LogP contribution in [0.15, 0.2) is 29.2 Å². The van der Waals surface area contributed by atoms with E-state index in [1.165, 1.54) is 18.4 Å². The van der Waals surface area contributed by atoms with Crippen molar-refractivity contribution >= 4 is 15.7 Å². The van der Waals surface area contributed by atoms with Gasteiger partial charge in [-0.3, -0.25) is 0 Å². The number of sulfonamides is 1. The second-order valence-electron chi connectivity index (χ2n) is 4.06. The molecule has 0 fully saturated rings. The lowest BCUT2D eigenvalue weighted by atomic mass is 10.2. The summed E-state index contributed by atoms with van der Waals surface area (Å²) in [6.45, 7) is 1.95. The molecule has 0 saturated carbocycles. The first-order valence-electron chi connectivity index (χ1n) is 5.67. The first kappa shape index (κ1) is 14.6. The maximum absolute atomic E-state index is 12.1. The molecule has 98 valence electrons. The van der Waals surface area contributed by atoms with Crippen LogP contribution in [-0.4, -0.2) is 32.9 Å². The van der Waals surface area contributed by atoms with E-state index >= 15 is 0 Å². The molecule has 0 bridgehead atoms. The topological polar surface area (TPSA) is 49.4 Å². The Morgan fingerprint density at radius 2 is 2.00 bits per heavy atom.